The van der Waals surface area contributed by atoms with Gasteiger partial charge in [-0.05, 0) is 19.4 Å². The van der Waals surface area contributed by atoms with Crippen molar-refractivity contribution < 1.29 is 9.90 Å². The van der Waals surface area contributed by atoms with Crippen molar-refractivity contribution >= 4 is 5.91 Å². The number of carbonyl (C=O) groups is 1. The lowest BCUT2D eigenvalue weighted by Crippen LogP contribution is -2.26. The second-order valence-corrected chi connectivity index (χ2v) is 3.30. The third kappa shape index (κ3) is 4.30. The molecule has 1 heterocycles. The fourth-order valence-electron chi connectivity index (χ4n) is 1.19. The predicted molar refractivity (Wildman–Crippen MR) is 67.4 cm³/mol. The van der Waals surface area contributed by atoms with Crippen LogP contribution in [0.2, 0.25) is 0 Å². The molecule has 0 fully saturated rings. The molecule has 0 spiro atoms. The Balaban J connectivity index is 0.00000121. The van der Waals surface area contributed by atoms with E-state index in [-0.39, 0.29) is 5.56 Å². The van der Waals surface area contributed by atoms with E-state index in [0.717, 1.165) is 6.42 Å². The molecule has 0 aliphatic heterocycles. The highest BCUT2D eigenvalue weighted by Crippen LogP contribution is 2.10. The Kier molecular flexibility index (Phi) is 6.70. The van der Waals surface area contributed by atoms with E-state index < -0.39 is 17.2 Å². The molecule has 0 atom stereocenters. The van der Waals surface area contributed by atoms with Gasteiger partial charge < -0.3 is 15.4 Å². The van der Waals surface area contributed by atoms with Crippen molar-refractivity contribution in [3.63, 3.8) is 0 Å². The van der Waals surface area contributed by atoms with Crippen LogP contribution in [0.4, 0.5) is 0 Å². The molecule has 96 valence electrons. The summed E-state index contributed by atoms with van der Waals surface area (Å²) in [5.74, 6) is -0.960. The van der Waals surface area contributed by atoms with E-state index in [4.69, 9.17) is 0 Å². The van der Waals surface area contributed by atoms with Gasteiger partial charge in [0.15, 0.2) is 5.75 Å². The highest BCUT2D eigenvalue weighted by atomic mass is 16.3. The second kappa shape index (κ2) is 7.49. The summed E-state index contributed by atoms with van der Waals surface area (Å²) in [5.41, 5.74) is -0.0826. The Bertz CT molecular complexity index is 424. The molecule has 1 rings (SSSR count). The van der Waals surface area contributed by atoms with Crippen molar-refractivity contribution in [2.75, 3.05) is 6.54 Å². The van der Waals surface area contributed by atoms with Crippen LogP contribution in [0.25, 0.3) is 0 Å². The smallest absolute Gasteiger partial charge is 0.291 e. The van der Waals surface area contributed by atoms with Gasteiger partial charge >= 0.3 is 0 Å². The summed E-state index contributed by atoms with van der Waals surface area (Å²) in [5, 5.41) is 12.0. The monoisotopic (exact) mass is 240 g/mol. The van der Waals surface area contributed by atoms with Crippen LogP contribution in [0, 0.1) is 6.92 Å². The minimum Gasteiger partial charge on any atom is -0.502 e. The third-order valence-corrected chi connectivity index (χ3v) is 1.92. The maximum atomic E-state index is 11.5. The lowest BCUT2D eigenvalue weighted by molar-refractivity contribution is 0.0950. The number of amides is 1. The highest BCUT2D eigenvalue weighted by molar-refractivity contribution is 5.96. The number of hydrogen-bond acceptors (Lipinski definition) is 3. The molecule has 5 heteroatoms. The van der Waals surface area contributed by atoms with Crippen LogP contribution in [0.15, 0.2) is 10.9 Å². The number of hydrogen-bond donors (Lipinski definition) is 3. The van der Waals surface area contributed by atoms with Crippen LogP contribution in [0.3, 0.4) is 0 Å². The molecule has 0 aromatic carbocycles. The van der Waals surface area contributed by atoms with Gasteiger partial charge in [-0.1, -0.05) is 20.8 Å². The first-order chi connectivity index (χ1) is 8.06. The van der Waals surface area contributed by atoms with Crippen molar-refractivity contribution in [1.82, 2.24) is 10.3 Å². The number of H-pyrrole nitrogens is 1. The molecule has 17 heavy (non-hydrogen) atoms. The van der Waals surface area contributed by atoms with Gasteiger partial charge in [-0.3, -0.25) is 9.59 Å². The first-order valence-corrected chi connectivity index (χ1v) is 5.77. The molecule has 1 amide bonds. The number of pyridine rings is 1. The minimum atomic E-state index is -0.642. The van der Waals surface area contributed by atoms with Crippen molar-refractivity contribution in [3.8, 4) is 5.75 Å². The lowest BCUT2D eigenvalue weighted by atomic mass is 10.2. The fraction of sp³-hybridized carbons (Fsp3) is 0.500. The molecule has 0 saturated heterocycles. The maximum absolute atomic E-state index is 11.5. The Morgan fingerprint density at radius 1 is 1.47 bits per heavy atom. The van der Waals surface area contributed by atoms with Crippen LogP contribution in [0.5, 0.6) is 5.75 Å². The number of aromatic amines is 1. The fourth-order valence-corrected chi connectivity index (χ4v) is 1.19. The number of rotatable bonds is 3. The minimum absolute atomic E-state index is 0.0182. The van der Waals surface area contributed by atoms with Gasteiger partial charge in [0.1, 0.15) is 0 Å². The maximum Gasteiger partial charge on any atom is 0.291 e. The zero-order chi connectivity index (χ0) is 13.4. The summed E-state index contributed by atoms with van der Waals surface area (Å²) in [6, 6.07) is 1.45. The first-order valence-electron chi connectivity index (χ1n) is 5.77. The summed E-state index contributed by atoms with van der Waals surface area (Å²) < 4.78 is 0. The zero-order valence-corrected chi connectivity index (χ0v) is 10.8. The van der Waals surface area contributed by atoms with E-state index in [1.165, 1.54) is 6.07 Å². The zero-order valence-electron chi connectivity index (χ0n) is 10.8. The van der Waals surface area contributed by atoms with E-state index >= 15 is 0 Å². The van der Waals surface area contributed by atoms with Gasteiger partial charge in [0.05, 0.1) is 5.56 Å². The van der Waals surface area contributed by atoms with Crippen molar-refractivity contribution in [2.24, 2.45) is 0 Å². The van der Waals surface area contributed by atoms with Crippen molar-refractivity contribution in [3.05, 3.63) is 27.7 Å². The molecule has 0 saturated carbocycles. The molecular weight excluding hydrogens is 220 g/mol. The Morgan fingerprint density at radius 2 is 2.06 bits per heavy atom. The largest absolute Gasteiger partial charge is 0.502 e. The second-order valence-electron chi connectivity index (χ2n) is 3.30. The molecule has 1 aromatic rings. The topological polar surface area (TPSA) is 82.2 Å². The van der Waals surface area contributed by atoms with Crippen LogP contribution >= 0.6 is 0 Å². The molecule has 0 unspecified atom stereocenters. The van der Waals surface area contributed by atoms with Gasteiger partial charge in [0, 0.05) is 12.2 Å². The third-order valence-electron chi connectivity index (χ3n) is 1.92. The quantitative estimate of drug-likeness (QED) is 0.749. The van der Waals surface area contributed by atoms with Gasteiger partial charge in [-0.2, -0.15) is 0 Å². The predicted octanol–water partition coefficient (Wildman–Crippen LogP) is 1.55. The number of aromatic hydroxyl groups is 1. The summed E-state index contributed by atoms with van der Waals surface area (Å²) in [7, 11) is 0. The first kappa shape index (κ1) is 15.2. The van der Waals surface area contributed by atoms with Crippen LogP contribution in [-0.2, 0) is 0 Å². The van der Waals surface area contributed by atoms with E-state index in [9.17, 15) is 14.7 Å². The van der Waals surface area contributed by atoms with Gasteiger partial charge in [-0.25, -0.2) is 0 Å². The summed E-state index contributed by atoms with van der Waals surface area (Å²) in [6.45, 7) is 8.09. The standard InChI is InChI=1S/C10H14N2O3.C2H6/c1-3-4-11-9(14)7-5-6(2)12-10(15)8(7)13;1-2/h5,13H,3-4H2,1-2H3,(H,11,14)(H,12,15);1-2H3. The Morgan fingerprint density at radius 3 is 2.59 bits per heavy atom. The molecular formula is C12H20N2O3. The average molecular weight is 240 g/mol. The molecule has 1 aromatic heterocycles. The summed E-state index contributed by atoms with van der Waals surface area (Å²) in [6.07, 6.45) is 0.800. The molecule has 0 radical (unpaired) electrons. The Hall–Kier alpha value is -1.78. The molecule has 3 N–H and O–H groups in total. The highest BCUT2D eigenvalue weighted by Gasteiger charge is 2.13. The van der Waals surface area contributed by atoms with Crippen LogP contribution in [-0.4, -0.2) is 22.5 Å². The number of nitrogens with one attached hydrogen (secondary N) is 2. The van der Waals surface area contributed by atoms with Gasteiger partial charge in [-0.15, -0.1) is 0 Å². The number of aryl methyl sites for hydroxylation is 1. The molecule has 0 aliphatic carbocycles. The summed E-state index contributed by atoms with van der Waals surface area (Å²) in [4.78, 5) is 25.1. The number of aromatic nitrogens is 1. The van der Waals surface area contributed by atoms with E-state index in [1.54, 1.807) is 6.92 Å². The average Bonchev–Trinajstić information content (AvgIpc) is 2.33. The lowest BCUT2D eigenvalue weighted by Gasteiger charge is -2.05. The molecule has 0 aliphatic rings. The van der Waals surface area contributed by atoms with Crippen molar-refractivity contribution in [1.29, 1.82) is 0 Å². The van der Waals surface area contributed by atoms with Gasteiger partial charge in [0.2, 0.25) is 0 Å². The van der Waals surface area contributed by atoms with E-state index in [0.29, 0.717) is 12.2 Å². The van der Waals surface area contributed by atoms with Gasteiger partial charge in [0.25, 0.3) is 11.5 Å². The van der Waals surface area contributed by atoms with E-state index in [1.807, 2.05) is 20.8 Å². The van der Waals surface area contributed by atoms with E-state index in [2.05, 4.69) is 10.3 Å². The molecule has 0 bridgehead atoms. The van der Waals surface area contributed by atoms with Crippen LogP contribution in [0.1, 0.15) is 43.2 Å². The normalized spacial score (nSPS) is 9.18. The van der Waals surface area contributed by atoms with Crippen molar-refractivity contribution in [2.45, 2.75) is 34.1 Å². The summed E-state index contributed by atoms with van der Waals surface area (Å²) >= 11 is 0. The number of carbonyl (C=O) groups excluding carboxylic acids is 1. The SMILES string of the molecule is CC.CCCNC(=O)c1cc(C)[nH]c(=O)c1O. The Labute approximate surface area is 101 Å². The van der Waals surface area contributed by atoms with Crippen LogP contribution < -0.4 is 10.9 Å². The molecule has 5 nitrogen and oxygen atoms in total.